The smallest absolute Gasteiger partial charge is 0.146 e. The molecule has 1 aliphatic heterocycles. The highest BCUT2D eigenvalue weighted by atomic mass is 19.1. The molecule has 0 bridgehead atoms. The van der Waals surface area contributed by atoms with Crippen LogP contribution in [0, 0.1) is 5.82 Å². The molecule has 2 heterocycles. The molecule has 7 heteroatoms. The monoisotopic (exact) mass is 321 g/mol. The standard InChI is InChI=1S/C16H24FN5O/c1-12(16-14(17)3-2-6-20-16)21-11-13(18)4-5-15(19)22-7-9-23-10-8-22/h2-6,12,21H,7-11,18-19H2,1H3/b13-4-,15-5+/t12-/m1/s1. The predicted octanol–water partition coefficient (Wildman–Crippen LogP) is 0.846. The molecule has 1 atom stereocenters. The SMILES string of the molecule is C[C@@H](NC/C(N)=C/C=C(\N)N1CCOCC1)c1ncccc1F. The zero-order chi connectivity index (χ0) is 16.7. The Kier molecular flexibility index (Phi) is 6.37. The van der Waals surface area contributed by atoms with Crippen LogP contribution in [0.5, 0.6) is 0 Å². The second-order valence-electron chi connectivity index (χ2n) is 5.41. The van der Waals surface area contributed by atoms with Gasteiger partial charge in [0.15, 0.2) is 0 Å². The minimum Gasteiger partial charge on any atom is -0.401 e. The van der Waals surface area contributed by atoms with Crippen molar-refractivity contribution in [3.05, 3.63) is 53.5 Å². The molecule has 0 spiro atoms. The number of ether oxygens (including phenoxy) is 1. The summed E-state index contributed by atoms with van der Waals surface area (Å²) in [5, 5.41) is 3.14. The highest BCUT2D eigenvalue weighted by Crippen LogP contribution is 2.12. The van der Waals surface area contributed by atoms with Gasteiger partial charge in [0.05, 0.1) is 24.7 Å². The Balaban J connectivity index is 1.86. The van der Waals surface area contributed by atoms with Gasteiger partial charge in [-0.3, -0.25) is 4.98 Å². The summed E-state index contributed by atoms with van der Waals surface area (Å²) in [4.78, 5) is 6.09. The molecule has 126 valence electrons. The summed E-state index contributed by atoms with van der Waals surface area (Å²) < 4.78 is 18.9. The minimum atomic E-state index is -0.327. The van der Waals surface area contributed by atoms with Crippen molar-refractivity contribution in [1.29, 1.82) is 0 Å². The van der Waals surface area contributed by atoms with Crippen molar-refractivity contribution in [3.8, 4) is 0 Å². The highest BCUT2D eigenvalue weighted by molar-refractivity contribution is 5.16. The third kappa shape index (κ3) is 5.22. The third-order valence-electron chi connectivity index (χ3n) is 3.65. The Morgan fingerprint density at radius 3 is 2.87 bits per heavy atom. The number of pyridine rings is 1. The van der Waals surface area contributed by atoms with Crippen molar-refractivity contribution in [2.75, 3.05) is 32.8 Å². The van der Waals surface area contributed by atoms with Crippen LogP contribution in [0.3, 0.4) is 0 Å². The van der Waals surface area contributed by atoms with E-state index in [1.165, 1.54) is 6.07 Å². The lowest BCUT2D eigenvalue weighted by Crippen LogP contribution is -2.38. The van der Waals surface area contributed by atoms with E-state index in [4.69, 9.17) is 16.2 Å². The third-order valence-corrected chi connectivity index (χ3v) is 3.65. The number of allylic oxidation sites excluding steroid dienone is 2. The van der Waals surface area contributed by atoms with Crippen molar-refractivity contribution < 1.29 is 9.13 Å². The summed E-state index contributed by atoms with van der Waals surface area (Å²) in [5.74, 6) is 0.339. The van der Waals surface area contributed by atoms with Crippen molar-refractivity contribution in [2.45, 2.75) is 13.0 Å². The van der Waals surface area contributed by atoms with E-state index in [2.05, 4.69) is 10.3 Å². The average Bonchev–Trinajstić information content (AvgIpc) is 2.58. The maximum absolute atomic E-state index is 13.6. The number of nitrogens with one attached hydrogen (secondary N) is 1. The van der Waals surface area contributed by atoms with Crippen LogP contribution in [0.1, 0.15) is 18.7 Å². The second-order valence-corrected chi connectivity index (χ2v) is 5.41. The Hall–Kier alpha value is -2.12. The lowest BCUT2D eigenvalue weighted by Gasteiger charge is -2.28. The number of hydrogen-bond acceptors (Lipinski definition) is 6. The molecule has 23 heavy (non-hydrogen) atoms. The first kappa shape index (κ1) is 17.2. The van der Waals surface area contributed by atoms with E-state index >= 15 is 0 Å². The number of aromatic nitrogens is 1. The molecule has 5 N–H and O–H groups in total. The summed E-state index contributed by atoms with van der Waals surface area (Å²) >= 11 is 0. The molecule has 0 aliphatic carbocycles. The molecular formula is C16H24FN5O. The molecule has 2 rings (SSSR count). The van der Waals surface area contributed by atoms with Crippen molar-refractivity contribution >= 4 is 0 Å². The molecule has 0 radical (unpaired) electrons. The van der Waals surface area contributed by atoms with Crippen LogP contribution in [-0.2, 0) is 4.74 Å². The first-order valence-corrected chi connectivity index (χ1v) is 7.66. The average molecular weight is 321 g/mol. The van der Waals surface area contributed by atoms with Crippen LogP contribution < -0.4 is 16.8 Å². The van der Waals surface area contributed by atoms with Gasteiger partial charge >= 0.3 is 0 Å². The summed E-state index contributed by atoms with van der Waals surface area (Å²) in [6.07, 6.45) is 5.12. The molecule has 6 nitrogen and oxygen atoms in total. The van der Waals surface area contributed by atoms with Crippen molar-refractivity contribution in [1.82, 2.24) is 15.2 Å². The Morgan fingerprint density at radius 1 is 1.43 bits per heavy atom. The summed E-state index contributed by atoms with van der Waals surface area (Å²) in [7, 11) is 0. The van der Waals surface area contributed by atoms with Gasteiger partial charge in [0.2, 0.25) is 0 Å². The Labute approximate surface area is 136 Å². The van der Waals surface area contributed by atoms with E-state index in [1.807, 2.05) is 11.8 Å². The number of hydrogen-bond donors (Lipinski definition) is 3. The normalized spacial score (nSPS) is 18.1. The van der Waals surface area contributed by atoms with Gasteiger partial charge in [0.1, 0.15) is 5.82 Å². The van der Waals surface area contributed by atoms with E-state index in [0.717, 1.165) is 13.1 Å². The predicted molar refractivity (Wildman–Crippen MR) is 87.5 cm³/mol. The maximum Gasteiger partial charge on any atom is 0.146 e. The largest absolute Gasteiger partial charge is 0.401 e. The molecule has 1 aromatic heterocycles. The fraction of sp³-hybridized carbons (Fsp3) is 0.438. The zero-order valence-corrected chi connectivity index (χ0v) is 13.3. The van der Waals surface area contributed by atoms with Gasteiger partial charge in [-0.15, -0.1) is 0 Å². The van der Waals surface area contributed by atoms with E-state index in [0.29, 0.717) is 37.0 Å². The topological polar surface area (TPSA) is 89.4 Å². The number of morpholine rings is 1. The van der Waals surface area contributed by atoms with Gasteiger partial charge in [0.25, 0.3) is 0 Å². The number of nitrogens with zero attached hydrogens (tertiary/aromatic N) is 2. The van der Waals surface area contributed by atoms with E-state index in [9.17, 15) is 4.39 Å². The van der Waals surface area contributed by atoms with E-state index < -0.39 is 0 Å². The van der Waals surface area contributed by atoms with Crippen LogP contribution in [0.2, 0.25) is 0 Å². The maximum atomic E-state index is 13.6. The number of halogens is 1. The van der Waals surface area contributed by atoms with Crippen LogP contribution in [0.4, 0.5) is 4.39 Å². The zero-order valence-electron chi connectivity index (χ0n) is 13.3. The van der Waals surface area contributed by atoms with Crippen molar-refractivity contribution in [3.63, 3.8) is 0 Å². The molecule has 1 aliphatic rings. The highest BCUT2D eigenvalue weighted by Gasteiger charge is 2.12. The Bertz CT molecular complexity index is 569. The van der Waals surface area contributed by atoms with Crippen molar-refractivity contribution in [2.24, 2.45) is 11.5 Å². The number of nitrogens with two attached hydrogens (primary N) is 2. The second kappa shape index (κ2) is 8.50. The van der Waals surface area contributed by atoms with Gasteiger partial charge in [0, 0.05) is 37.6 Å². The first-order chi connectivity index (χ1) is 11.1. The van der Waals surface area contributed by atoms with Crippen LogP contribution in [0.25, 0.3) is 0 Å². The summed E-state index contributed by atoms with van der Waals surface area (Å²) in [5.41, 5.74) is 13.0. The van der Waals surface area contributed by atoms with Crippen LogP contribution in [-0.4, -0.2) is 42.7 Å². The van der Waals surface area contributed by atoms with E-state index in [-0.39, 0.29) is 11.9 Å². The first-order valence-electron chi connectivity index (χ1n) is 7.66. The summed E-state index contributed by atoms with van der Waals surface area (Å²) in [6.45, 7) is 5.19. The Morgan fingerprint density at radius 2 is 2.17 bits per heavy atom. The fourth-order valence-electron chi connectivity index (χ4n) is 2.26. The van der Waals surface area contributed by atoms with Gasteiger partial charge in [-0.25, -0.2) is 4.39 Å². The molecular weight excluding hydrogens is 297 g/mol. The molecule has 0 amide bonds. The molecule has 0 aromatic carbocycles. The quantitative estimate of drug-likeness (QED) is 0.673. The summed E-state index contributed by atoms with van der Waals surface area (Å²) in [6, 6.07) is 2.73. The lowest BCUT2D eigenvalue weighted by molar-refractivity contribution is 0.0530. The van der Waals surface area contributed by atoms with Crippen LogP contribution in [0.15, 0.2) is 42.0 Å². The van der Waals surface area contributed by atoms with Gasteiger partial charge < -0.3 is 26.4 Å². The van der Waals surface area contributed by atoms with Gasteiger partial charge in [-0.2, -0.15) is 0 Å². The molecule has 1 aromatic rings. The number of rotatable bonds is 6. The van der Waals surface area contributed by atoms with Gasteiger partial charge in [-0.05, 0) is 31.2 Å². The minimum absolute atomic E-state index is 0.233. The molecule has 1 fully saturated rings. The van der Waals surface area contributed by atoms with Gasteiger partial charge in [-0.1, -0.05) is 0 Å². The molecule has 1 saturated heterocycles. The molecule has 0 saturated carbocycles. The lowest BCUT2D eigenvalue weighted by atomic mass is 10.2. The fourth-order valence-corrected chi connectivity index (χ4v) is 2.26. The van der Waals surface area contributed by atoms with Crippen LogP contribution >= 0.6 is 0 Å². The molecule has 0 unspecified atom stereocenters. The van der Waals surface area contributed by atoms with E-state index in [1.54, 1.807) is 24.4 Å².